The number of esters is 1. The maximum Gasteiger partial charge on any atom is 0.320 e. The maximum absolute atomic E-state index is 13.1. The van der Waals surface area contributed by atoms with Gasteiger partial charge in [0.2, 0.25) is 0 Å². The van der Waals surface area contributed by atoms with Crippen LogP contribution in [0.5, 0.6) is 0 Å². The molecule has 2 aromatic carbocycles. The molecule has 2 fully saturated rings. The average molecular weight is 563 g/mol. The second-order valence-electron chi connectivity index (χ2n) is 12.8. The molecule has 2 amide bonds. The molecule has 7 heteroatoms. The summed E-state index contributed by atoms with van der Waals surface area (Å²) in [7, 11) is 0. The van der Waals surface area contributed by atoms with Crippen molar-refractivity contribution in [3.63, 3.8) is 0 Å². The zero-order valence-electron chi connectivity index (χ0n) is 25.5. The highest BCUT2D eigenvalue weighted by Crippen LogP contribution is 2.40. The van der Waals surface area contributed by atoms with Gasteiger partial charge in [-0.1, -0.05) is 67.6 Å². The second-order valence-corrected chi connectivity index (χ2v) is 12.8. The van der Waals surface area contributed by atoms with Gasteiger partial charge in [-0.05, 0) is 75.8 Å². The highest BCUT2D eigenvalue weighted by molar-refractivity contribution is 5.74. The van der Waals surface area contributed by atoms with Gasteiger partial charge in [0.1, 0.15) is 5.60 Å². The van der Waals surface area contributed by atoms with E-state index in [2.05, 4.69) is 57.7 Å². The smallest absolute Gasteiger partial charge is 0.320 e. The molecule has 3 atom stereocenters. The van der Waals surface area contributed by atoms with Crippen LogP contribution in [-0.4, -0.2) is 72.2 Å². The standard InChI is InChI=1S/C34H50N4O3/c1-5-18-38(33(40)36-23-26-12-8-6-9-13-26)30-16-19-37(20-17-30)25-28-21-29(35-24-32(39)41-34(2,3)4)22-31(28)27-14-10-7-11-15-27/h6-15,28-31,35H,5,16-25H2,1-4H3,(H,36,40). The number of carbonyl (C=O) groups excluding carboxylic acids is 2. The van der Waals surface area contributed by atoms with Crippen LogP contribution in [0.15, 0.2) is 60.7 Å². The van der Waals surface area contributed by atoms with Crippen molar-refractivity contribution in [2.45, 2.75) is 89.9 Å². The molecule has 0 bridgehead atoms. The van der Waals surface area contributed by atoms with Crippen molar-refractivity contribution < 1.29 is 14.3 Å². The van der Waals surface area contributed by atoms with Gasteiger partial charge in [0.15, 0.2) is 0 Å². The van der Waals surface area contributed by atoms with Gasteiger partial charge in [-0.3, -0.25) is 4.79 Å². The first kappa shape index (κ1) is 31.0. The summed E-state index contributed by atoms with van der Waals surface area (Å²) in [5, 5.41) is 6.64. The van der Waals surface area contributed by atoms with Crippen LogP contribution in [-0.2, 0) is 16.1 Å². The van der Waals surface area contributed by atoms with Crippen molar-refractivity contribution >= 4 is 12.0 Å². The number of benzene rings is 2. The Bertz CT molecular complexity index is 1080. The number of likely N-dealkylation sites (tertiary alicyclic amines) is 1. The lowest BCUT2D eigenvalue weighted by atomic mass is 9.88. The number of nitrogens with zero attached hydrogens (tertiary/aromatic N) is 2. The number of ether oxygens (including phenoxy) is 1. The van der Waals surface area contributed by atoms with E-state index in [4.69, 9.17) is 4.74 Å². The Balaban J connectivity index is 1.31. The monoisotopic (exact) mass is 562 g/mol. The quantitative estimate of drug-likeness (QED) is 0.351. The minimum Gasteiger partial charge on any atom is -0.459 e. The molecule has 1 saturated carbocycles. The van der Waals surface area contributed by atoms with Gasteiger partial charge in [0, 0.05) is 44.8 Å². The summed E-state index contributed by atoms with van der Waals surface area (Å²) in [5.74, 6) is 0.792. The highest BCUT2D eigenvalue weighted by atomic mass is 16.6. The van der Waals surface area contributed by atoms with E-state index >= 15 is 0 Å². The van der Waals surface area contributed by atoms with Crippen LogP contribution in [0, 0.1) is 5.92 Å². The van der Waals surface area contributed by atoms with Gasteiger partial charge in [-0.25, -0.2) is 4.79 Å². The first-order valence-corrected chi connectivity index (χ1v) is 15.5. The van der Waals surface area contributed by atoms with Crippen molar-refractivity contribution in [2.75, 3.05) is 32.7 Å². The van der Waals surface area contributed by atoms with E-state index in [1.54, 1.807) is 0 Å². The summed E-state index contributed by atoms with van der Waals surface area (Å²) >= 11 is 0. The summed E-state index contributed by atoms with van der Waals surface area (Å²) in [6, 6.07) is 21.6. The minimum atomic E-state index is -0.467. The fourth-order valence-corrected chi connectivity index (χ4v) is 6.52. The molecule has 1 saturated heterocycles. The largest absolute Gasteiger partial charge is 0.459 e. The van der Waals surface area contributed by atoms with Crippen molar-refractivity contribution in [3.05, 3.63) is 71.8 Å². The molecule has 1 aliphatic heterocycles. The first-order valence-electron chi connectivity index (χ1n) is 15.5. The lowest BCUT2D eigenvalue weighted by Gasteiger charge is -2.39. The number of carbonyl (C=O) groups is 2. The third-order valence-electron chi connectivity index (χ3n) is 8.38. The van der Waals surface area contributed by atoms with E-state index in [0.29, 0.717) is 24.4 Å². The lowest BCUT2D eigenvalue weighted by Crippen LogP contribution is -2.51. The number of hydrogen-bond acceptors (Lipinski definition) is 5. The molecule has 224 valence electrons. The van der Waals surface area contributed by atoms with Gasteiger partial charge in [-0.2, -0.15) is 0 Å². The molecule has 7 nitrogen and oxygen atoms in total. The highest BCUT2D eigenvalue weighted by Gasteiger charge is 2.37. The number of piperidine rings is 1. The van der Waals surface area contributed by atoms with E-state index in [-0.39, 0.29) is 24.6 Å². The molecule has 2 N–H and O–H groups in total. The van der Waals surface area contributed by atoms with Gasteiger partial charge < -0.3 is 25.2 Å². The molecule has 1 aliphatic carbocycles. The summed E-state index contributed by atoms with van der Waals surface area (Å²) < 4.78 is 5.52. The average Bonchev–Trinajstić information content (AvgIpc) is 3.37. The number of hydrogen-bond donors (Lipinski definition) is 2. The van der Waals surface area contributed by atoms with E-state index in [0.717, 1.165) is 63.8 Å². The molecule has 41 heavy (non-hydrogen) atoms. The lowest BCUT2D eigenvalue weighted by molar-refractivity contribution is -0.153. The predicted octanol–water partition coefficient (Wildman–Crippen LogP) is 5.57. The first-order chi connectivity index (χ1) is 19.7. The number of urea groups is 1. The van der Waals surface area contributed by atoms with Gasteiger partial charge in [0.05, 0.1) is 6.54 Å². The Morgan fingerprint density at radius 2 is 1.63 bits per heavy atom. The molecular formula is C34H50N4O3. The van der Waals surface area contributed by atoms with Gasteiger partial charge in [0.25, 0.3) is 0 Å². The molecule has 0 aromatic heterocycles. The molecule has 3 unspecified atom stereocenters. The minimum absolute atomic E-state index is 0.0491. The van der Waals surface area contributed by atoms with Crippen molar-refractivity contribution in [1.82, 2.24) is 20.4 Å². The van der Waals surface area contributed by atoms with Crippen LogP contribution in [0.1, 0.15) is 76.8 Å². The second kappa shape index (κ2) is 14.8. The van der Waals surface area contributed by atoms with E-state index in [1.165, 1.54) is 5.56 Å². The molecule has 1 heterocycles. The SMILES string of the molecule is CCCN(C(=O)NCc1ccccc1)C1CCN(CC2CC(NCC(=O)OC(C)(C)C)CC2c2ccccc2)CC1. The third-order valence-corrected chi connectivity index (χ3v) is 8.38. The van der Waals surface area contributed by atoms with Crippen molar-refractivity contribution in [1.29, 1.82) is 0 Å². The molecule has 0 radical (unpaired) electrons. The Labute approximate surface area is 247 Å². The molecular weight excluding hydrogens is 512 g/mol. The van der Waals surface area contributed by atoms with Gasteiger partial charge in [-0.15, -0.1) is 0 Å². The zero-order chi connectivity index (χ0) is 29.2. The normalized spacial score (nSPS) is 21.9. The van der Waals surface area contributed by atoms with E-state index in [1.807, 2.05) is 51.1 Å². The fourth-order valence-electron chi connectivity index (χ4n) is 6.52. The summed E-state index contributed by atoms with van der Waals surface area (Å²) in [6.07, 6.45) is 5.03. The van der Waals surface area contributed by atoms with E-state index < -0.39 is 5.60 Å². The Kier molecular flexibility index (Phi) is 11.2. The topological polar surface area (TPSA) is 73.9 Å². The Morgan fingerprint density at radius 1 is 0.976 bits per heavy atom. The van der Waals surface area contributed by atoms with Crippen LogP contribution in [0.25, 0.3) is 0 Å². The molecule has 0 spiro atoms. The zero-order valence-corrected chi connectivity index (χ0v) is 25.5. The molecule has 2 aliphatic rings. The van der Waals surface area contributed by atoms with Crippen molar-refractivity contribution in [3.8, 4) is 0 Å². The third kappa shape index (κ3) is 9.57. The van der Waals surface area contributed by atoms with E-state index in [9.17, 15) is 9.59 Å². The van der Waals surface area contributed by atoms with Crippen LogP contribution < -0.4 is 10.6 Å². The summed E-state index contributed by atoms with van der Waals surface area (Å²) in [6.45, 7) is 12.5. The predicted molar refractivity (Wildman–Crippen MR) is 165 cm³/mol. The van der Waals surface area contributed by atoms with Crippen LogP contribution >= 0.6 is 0 Å². The number of nitrogens with one attached hydrogen (secondary N) is 2. The summed E-state index contributed by atoms with van der Waals surface area (Å²) in [4.78, 5) is 30.1. The molecule has 4 rings (SSSR count). The summed E-state index contributed by atoms with van der Waals surface area (Å²) in [5.41, 5.74) is 2.04. The van der Waals surface area contributed by atoms with Crippen LogP contribution in [0.2, 0.25) is 0 Å². The van der Waals surface area contributed by atoms with Crippen LogP contribution in [0.3, 0.4) is 0 Å². The Morgan fingerprint density at radius 3 is 2.27 bits per heavy atom. The molecule has 2 aromatic rings. The number of amides is 2. The van der Waals surface area contributed by atoms with Gasteiger partial charge >= 0.3 is 12.0 Å². The van der Waals surface area contributed by atoms with Crippen molar-refractivity contribution in [2.24, 2.45) is 5.92 Å². The Hall–Kier alpha value is -2.90. The fraction of sp³-hybridized carbons (Fsp3) is 0.588. The number of rotatable bonds is 11. The maximum atomic E-state index is 13.1. The van der Waals surface area contributed by atoms with Crippen LogP contribution in [0.4, 0.5) is 4.79 Å².